The lowest BCUT2D eigenvalue weighted by atomic mass is 10.1. The first-order valence-electron chi connectivity index (χ1n) is 7.99. The second-order valence-electron chi connectivity index (χ2n) is 5.47. The van der Waals surface area contributed by atoms with E-state index >= 15 is 0 Å². The topological polar surface area (TPSA) is 58.6 Å². The van der Waals surface area contributed by atoms with Crippen molar-refractivity contribution in [1.82, 2.24) is 4.90 Å². The van der Waals surface area contributed by atoms with Crippen LogP contribution < -0.4 is 5.32 Å². The maximum absolute atomic E-state index is 12.1. The van der Waals surface area contributed by atoms with Crippen molar-refractivity contribution >= 4 is 17.6 Å². The standard InChI is InChI=1S/C17H24N2O3/c1-2-22-17(21)14-8-4-5-9-15(14)18-16(20)10-13-19-11-6-3-7-12-19/h4-5,8-9H,2-3,6-7,10-13H2,1H3,(H,18,20). The van der Waals surface area contributed by atoms with Gasteiger partial charge in [0, 0.05) is 13.0 Å². The molecule has 1 aliphatic rings. The van der Waals surface area contributed by atoms with Gasteiger partial charge in [0.25, 0.3) is 0 Å². The summed E-state index contributed by atoms with van der Waals surface area (Å²) in [4.78, 5) is 26.3. The zero-order chi connectivity index (χ0) is 15.8. The van der Waals surface area contributed by atoms with Crippen LogP contribution in [0.25, 0.3) is 0 Å². The molecule has 1 N–H and O–H groups in total. The monoisotopic (exact) mass is 304 g/mol. The summed E-state index contributed by atoms with van der Waals surface area (Å²) in [6, 6.07) is 6.95. The number of likely N-dealkylation sites (tertiary alicyclic amines) is 1. The average Bonchev–Trinajstić information content (AvgIpc) is 2.54. The van der Waals surface area contributed by atoms with Crippen molar-refractivity contribution in [2.75, 3.05) is 31.6 Å². The van der Waals surface area contributed by atoms with E-state index in [2.05, 4.69) is 10.2 Å². The SMILES string of the molecule is CCOC(=O)c1ccccc1NC(=O)CCN1CCCCC1. The van der Waals surface area contributed by atoms with Crippen LogP contribution in [0.3, 0.4) is 0 Å². The molecule has 0 spiro atoms. The Hall–Kier alpha value is -1.88. The van der Waals surface area contributed by atoms with Crippen molar-refractivity contribution < 1.29 is 14.3 Å². The van der Waals surface area contributed by atoms with E-state index in [1.54, 1.807) is 31.2 Å². The van der Waals surface area contributed by atoms with Gasteiger partial charge in [-0.1, -0.05) is 18.6 Å². The number of piperidine rings is 1. The van der Waals surface area contributed by atoms with Crippen molar-refractivity contribution in [3.8, 4) is 0 Å². The Morgan fingerprint density at radius 1 is 1.18 bits per heavy atom. The lowest BCUT2D eigenvalue weighted by molar-refractivity contribution is -0.116. The molecule has 120 valence electrons. The number of hydrogen-bond donors (Lipinski definition) is 1. The van der Waals surface area contributed by atoms with Crippen LogP contribution in [0.2, 0.25) is 0 Å². The largest absolute Gasteiger partial charge is 0.462 e. The quantitative estimate of drug-likeness (QED) is 0.821. The Balaban J connectivity index is 1.89. The zero-order valence-electron chi connectivity index (χ0n) is 13.1. The second-order valence-corrected chi connectivity index (χ2v) is 5.47. The molecule has 0 aromatic heterocycles. The Bertz CT molecular complexity index is 510. The predicted octanol–water partition coefficient (Wildman–Crippen LogP) is 2.68. The molecule has 0 atom stereocenters. The highest BCUT2D eigenvalue weighted by molar-refractivity contribution is 6.01. The third-order valence-electron chi connectivity index (χ3n) is 3.80. The van der Waals surface area contributed by atoms with Crippen molar-refractivity contribution in [3.05, 3.63) is 29.8 Å². The van der Waals surface area contributed by atoms with Crippen LogP contribution in [0.4, 0.5) is 5.69 Å². The zero-order valence-corrected chi connectivity index (χ0v) is 13.1. The van der Waals surface area contributed by atoms with Crippen LogP contribution in [-0.2, 0) is 9.53 Å². The molecule has 0 saturated carbocycles. The molecule has 1 aromatic carbocycles. The average molecular weight is 304 g/mol. The van der Waals surface area contributed by atoms with E-state index in [1.807, 2.05) is 0 Å². The molecule has 0 radical (unpaired) electrons. The van der Waals surface area contributed by atoms with E-state index in [0.29, 0.717) is 24.3 Å². The molecule has 0 aliphatic carbocycles. The van der Waals surface area contributed by atoms with Crippen LogP contribution in [0, 0.1) is 0 Å². The number of rotatable bonds is 6. The van der Waals surface area contributed by atoms with Crippen LogP contribution in [0.1, 0.15) is 43.0 Å². The summed E-state index contributed by atoms with van der Waals surface area (Å²) in [5.74, 6) is -0.475. The maximum atomic E-state index is 12.1. The maximum Gasteiger partial charge on any atom is 0.340 e. The number of anilines is 1. The number of nitrogens with one attached hydrogen (secondary N) is 1. The molecule has 2 rings (SSSR count). The summed E-state index contributed by atoms with van der Waals surface area (Å²) in [5, 5.41) is 2.82. The Morgan fingerprint density at radius 2 is 1.91 bits per heavy atom. The first-order chi connectivity index (χ1) is 10.7. The minimum absolute atomic E-state index is 0.0673. The van der Waals surface area contributed by atoms with Gasteiger partial charge in [-0.15, -0.1) is 0 Å². The van der Waals surface area contributed by atoms with Gasteiger partial charge in [0.2, 0.25) is 5.91 Å². The first kappa shape index (κ1) is 16.5. The molecule has 0 bridgehead atoms. The second kappa shape index (κ2) is 8.54. The van der Waals surface area contributed by atoms with E-state index in [9.17, 15) is 9.59 Å². The molecule has 5 heteroatoms. The fourth-order valence-electron chi connectivity index (χ4n) is 2.63. The van der Waals surface area contributed by atoms with Gasteiger partial charge in [0.1, 0.15) is 0 Å². The van der Waals surface area contributed by atoms with E-state index in [0.717, 1.165) is 19.6 Å². The molecule has 1 saturated heterocycles. The molecule has 22 heavy (non-hydrogen) atoms. The smallest absolute Gasteiger partial charge is 0.340 e. The summed E-state index contributed by atoms with van der Waals surface area (Å²) < 4.78 is 5.01. The van der Waals surface area contributed by atoms with Gasteiger partial charge >= 0.3 is 5.97 Å². The highest BCUT2D eigenvalue weighted by Crippen LogP contribution is 2.17. The first-order valence-corrected chi connectivity index (χ1v) is 7.99. The van der Waals surface area contributed by atoms with Crippen molar-refractivity contribution in [2.24, 2.45) is 0 Å². The fraction of sp³-hybridized carbons (Fsp3) is 0.529. The summed E-state index contributed by atoms with van der Waals surface area (Å²) in [7, 11) is 0. The summed E-state index contributed by atoms with van der Waals surface area (Å²) in [5.41, 5.74) is 0.917. The number of carbonyl (C=O) groups is 2. The number of ether oxygens (including phenoxy) is 1. The molecule has 0 unspecified atom stereocenters. The highest BCUT2D eigenvalue weighted by Gasteiger charge is 2.15. The molecule has 5 nitrogen and oxygen atoms in total. The van der Waals surface area contributed by atoms with Gasteiger partial charge < -0.3 is 15.0 Å². The molecule has 1 amide bonds. The van der Waals surface area contributed by atoms with E-state index < -0.39 is 5.97 Å². The Labute approximate surface area is 131 Å². The lowest BCUT2D eigenvalue weighted by Gasteiger charge is -2.26. The Kier molecular flexibility index (Phi) is 6.40. The number of para-hydroxylation sites is 1. The van der Waals surface area contributed by atoms with Crippen LogP contribution in [0.15, 0.2) is 24.3 Å². The number of amides is 1. The van der Waals surface area contributed by atoms with Gasteiger partial charge in [0.05, 0.1) is 17.9 Å². The summed E-state index contributed by atoms with van der Waals surface area (Å²) in [6.07, 6.45) is 4.16. The normalized spacial score (nSPS) is 15.3. The van der Waals surface area contributed by atoms with Gasteiger partial charge in [-0.3, -0.25) is 4.79 Å². The number of benzene rings is 1. The predicted molar refractivity (Wildman–Crippen MR) is 85.9 cm³/mol. The van der Waals surface area contributed by atoms with Gasteiger partial charge in [-0.2, -0.15) is 0 Å². The summed E-state index contributed by atoms with van der Waals surface area (Å²) >= 11 is 0. The molecular formula is C17H24N2O3. The number of hydrogen-bond acceptors (Lipinski definition) is 4. The molecule has 1 fully saturated rings. The highest BCUT2D eigenvalue weighted by atomic mass is 16.5. The van der Waals surface area contributed by atoms with Crippen LogP contribution in [0.5, 0.6) is 0 Å². The van der Waals surface area contributed by atoms with Gasteiger partial charge in [-0.25, -0.2) is 4.79 Å². The van der Waals surface area contributed by atoms with Gasteiger partial charge in [-0.05, 0) is 45.0 Å². The molecule has 1 aliphatic heterocycles. The molecule has 1 heterocycles. The van der Waals surface area contributed by atoms with E-state index in [-0.39, 0.29) is 5.91 Å². The lowest BCUT2D eigenvalue weighted by Crippen LogP contribution is -2.32. The fourth-order valence-corrected chi connectivity index (χ4v) is 2.63. The van der Waals surface area contributed by atoms with Crippen LogP contribution >= 0.6 is 0 Å². The third-order valence-corrected chi connectivity index (χ3v) is 3.80. The van der Waals surface area contributed by atoms with Crippen molar-refractivity contribution in [1.29, 1.82) is 0 Å². The number of carbonyl (C=O) groups excluding carboxylic acids is 2. The van der Waals surface area contributed by atoms with E-state index in [1.165, 1.54) is 19.3 Å². The minimum Gasteiger partial charge on any atom is -0.462 e. The Morgan fingerprint density at radius 3 is 2.64 bits per heavy atom. The van der Waals surface area contributed by atoms with Crippen molar-refractivity contribution in [2.45, 2.75) is 32.6 Å². The third kappa shape index (κ3) is 4.84. The van der Waals surface area contributed by atoms with Crippen LogP contribution in [-0.4, -0.2) is 43.0 Å². The number of esters is 1. The molecular weight excluding hydrogens is 280 g/mol. The molecule has 1 aromatic rings. The minimum atomic E-state index is -0.408. The number of nitrogens with zero attached hydrogens (tertiary/aromatic N) is 1. The van der Waals surface area contributed by atoms with Gasteiger partial charge in [0.15, 0.2) is 0 Å². The summed E-state index contributed by atoms with van der Waals surface area (Å²) in [6.45, 7) is 5.00. The van der Waals surface area contributed by atoms with Crippen molar-refractivity contribution in [3.63, 3.8) is 0 Å². The van der Waals surface area contributed by atoms with E-state index in [4.69, 9.17) is 4.74 Å².